The van der Waals surface area contributed by atoms with Crippen molar-refractivity contribution in [3.63, 3.8) is 0 Å². The second-order valence-corrected chi connectivity index (χ2v) is 5.72. The van der Waals surface area contributed by atoms with E-state index < -0.39 is 29.3 Å². The van der Waals surface area contributed by atoms with Gasteiger partial charge in [0.15, 0.2) is 0 Å². The Hall–Kier alpha value is -2.83. The Bertz CT molecular complexity index is 797. The van der Waals surface area contributed by atoms with E-state index in [0.717, 1.165) is 12.1 Å². The lowest BCUT2D eigenvalue weighted by atomic mass is 10.1. The van der Waals surface area contributed by atoms with Crippen LogP contribution in [-0.2, 0) is 0 Å². The van der Waals surface area contributed by atoms with Crippen LogP contribution >= 0.6 is 0 Å². The topological polar surface area (TPSA) is 40.6 Å². The molecule has 0 atom stereocenters. The molecular weight excluding hydrogens is 333 g/mol. The minimum Gasteiger partial charge on any atom is -0.335 e. The van der Waals surface area contributed by atoms with Crippen LogP contribution in [0.1, 0.15) is 20.7 Å². The van der Waals surface area contributed by atoms with Gasteiger partial charge in [0.05, 0.1) is 5.56 Å². The van der Waals surface area contributed by atoms with Gasteiger partial charge in [-0.15, -0.1) is 0 Å². The minimum absolute atomic E-state index is 0.0190. The van der Waals surface area contributed by atoms with E-state index in [1.165, 1.54) is 28.0 Å². The summed E-state index contributed by atoms with van der Waals surface area (Å²) in [4.78, 5) is 27.5. The van der Waals surface area contributed by atoms with E-state index in [0.29, 0.717) is 6.07 Å². The first-order valence-corrected chi connectivity index (χ1v) is 7.75. The first-order valence-electron chi connectivity index (χ1n) is 7.75. The molecule has 1 aliphatic heterocycles. The molecule has 1 aliphatic rings. The summed E-state index contributed by atoms with van der Waals surface area (Å²) in [6.45, 7) is 0.849. The predicted octanol–water partition coefficient (Wildman–Crippen LogP) is 2.70. The highest BCUT2D eigenvalue weighted by atomic mass is 19.1. The molecule has 1 saturated heterocycles. The smallest absolute Gasteiger partial charge is 0.256 e. The maximum absolute atomic E-state index is 13.7. The minimum atomic E-state index is -0.822. The normalized spacial score (nSPS) is 14.5. The van der Waals surface area contributed by atoms with Crippen molar-refractivity contribution in [1.82, 2.24) is 9.80 Å². The molecule has 0 aromatic heterocycles. The Morgan fingerprint density at radius 1 is 0.760 bits per heavy atom. The predicted molar refractivity (Wildman–Crippen MR) is 84.6 cm³/mol. The molecule has 2 amide bonds. The summed E-state index contributed by atoms with van der Waals surface area (Å²) >= 11 is 0. The molecule has 0 bridgehead atoms. The van der Waals surface area contributed by atoms with E-state index in [9.17, 15) is 22.8 Å². The number of hydrogen-bond acceptors (Lipinski definition) is 2. The number of carbonyl (C=O) groups is 2. The molecule has 3 rings (SSSR count). The molecule has 0 radical (unpaired) electrons. The van der Waals surface area contributed by atoms with E-state index in [1.807, 2.05) is 0 Å². The van der Waals surface area contributed by atoms with Crippen molar-refractivity contribution in [2.75, 3.05) is 26.2 Å². The van der Waals surface area contributed by atoms with Crippen molar-refractivity contribution in [3.05, 3.63) is 71.0 Å². The molecule has 2 aromatic rings. The lowest BCUT2D eigenvalue weighted by Gasteiger charge is -2.35. The third-order valence-electron chi connectivity index (χ3n) is 4.07. The average molecular weight is 348 g/mol. The number of benzene rings is 2. The maximum Gasteiger partial charge on any atom is 0.256 e. The quantitative estimate of drug-likeness (QED) is 0.837. The molecule has 0 spiro atoms. The summed E-state index contributed by atoms with van der Waals surface area (Å²) in [5.74, 6) is -3.19. The van der Waals surface area contributed by atoms with Crippen molar-refractivity contribution < 1.29 is 22.8 Å². The number of rotatable bonds is 2. The van der Waals surface area contributed by atoms with Gasteiger partial charge < -0.3 is 9.80 Å². The molecule has 0 unspecified atom stereocenters. The molecule has 0 saturated carbocycles. The number of nitrogens with zero attached hydrogens (tertiary/aromatic N) is 2. The van der Waals surface area contributed by atoms with E-state index in [4.69, 9.17) is 0 Å². The van der Waals surface area contributed by atoms with Gasteiger partial charge >= 0.3 is 0 Å². The number of halogens is 3. The average Bonchev–Trinajstić information content (AvgIpc) is 2.60. The van der Waals surface area contributed by atoms with Gasteiger partial charge in [-0.25, -0.2) is 13.2 Å². The monoisotopic (exact) mass is 348 g/mol. The maximum atomic E-state index is 13.7. The molecule has 4 nitrogen and oxygen atoms in total. The van der Waals surface area contributed by atoms with Gasteiger partial charge in [0.25, 0.3) is 11.8 Å². The van der Waals surface area contributed by atoms with Crippen molar-refractivity contribution in [1.29, 1.82) is 0 Å². The first kappa shape index (κ1) is 17.0. The molecule has 0 N–H and O–H groups in total. The molecule has 2 aromatic carbocycles. The van der Waals surface area contributed by atoms with E-state index in [1.54, 1.807) is 6.07 Å². The molecule has 25 heavy (non-hydrogen) atoms. The van der Waals surface area contributed by atoms with Gasteiger partial charge in [0.2, 0.25) is 0 Å². The van der Waals surface area contributed by atoms with Gasteiger partial charge in [-0.2, -0.15) is 0 Å². The van der Waals surface area contributed by atoms with Crippen molar-refractivity contribution >= 4 is 11.8 Å². The SMILES string of the molecule is O=C(c1cc(F)cc(F)c1)N1CCN(C(=O)c2ccccc2F)CC1. The summed E-state index contributed by atoms with van der Waals surface area (Å²) in [5.41, 5.74) is -0.0964. The zero-order valence-electron chi connectivity index (χ0n) is 13.2. The Kier molecular flexibility index (Phi) is 4.74. The number of amides is 2. The van der Waals surface area contributed by atoms with Crippen LogP contribution in [0.4, 0.5) is 13.2 Å². The summed E-state index contributed by atoms with van der Waals surface area (Å²) < 4.78 is 40.2. The highest BCUT2D eigenvalue weighted by Crippen LogP contribution is 2.15. The zero-order valence-corrected chi connectivity index (χ0v) is 13.2. The highest BCUT2D eigenvalue weighted by Gasteiger charge is 2.27. The van der Waals surface area contributed by atoms with Crippen LogP contribution in [0.15, 0.2) is 42.5 Å². The van der Waals surface area contributed by atoms with Gasteiger partial charge in [-0.1, -0.05) is 12.1 Å². The van der Waals surface area contributed by atoms with Crippen molar-refractivity contribution in [3.8, 4) is 0 Å². The number of piperazine rings is 1. The Balaban J connectivity index is 1.66. The fourth-order valence-corrected chi connectivity index (χ4v) is 2.78. The second-order valence-electron chi connectivity index (χ2n) is 5.72. The van der Waals surface area contributed by atoms with Gasteiger partial charge in [0, 0.05) is 37.8 Å². The fraction of sp³-hybridized carbons (Fsp3) is 0.222. The fourth-order valence-electron chi connectivity index (χ4n) is 2.78. The van der Waals surface area contributed by atoms with E-state index in [-0.39, 0.29) is 37.3 Å². The zero-order chi connectivity index (χ0) is 18.0. The van der Waals surface area contributed by atoms with E-state index in [2.05, 4.69) is 0 Å². The van der Waals surface area contributed by atoms with Crippen LogP contribution in [-0.4, -0.2) is 47.8 Å². The van der Waals surface area contributed by atoms with Crippen LogP contribution in [0.2, 0.25) is 0 Å². The number of hydrogen-bond donors (Lipinski definition) is 0. The lowest BCUT2D eigenvalue weighted by molar-refractivity contribution is 0.0532. The summed E-state index contributed by atoms with van der Waals surface area (Å²) in [6.07, 6.45) is 0. The third-order valence-corrected chi connectivity index (χ3v) is 4.07. The number of carbonyl (C=O) groups excluding carboxylic acids is 2. The summed E-state index contributed by atoms with van der Waals surface area (Å²) in [7, 11) is 0. The largest absolute Gasteiger partial charge is 0.335 e. The first-order chi connectivity index (χ1) is 12.0. The van der Waals surface area contributed by atoms with E-state index >= 15 is 0 Å². The highest BCUT2D eigenvalue weighted by molar-refractivity contribution is 5.96. The second kappa shape index (κ2) is 6.96. The van der Waals surface area contributed by atoms with Crippen molar-refractivity contribution in [2.45, 2.75) is 0 Å². The van der Waals surface area contributed by atoms with Crippen LogP contribution in [0.5, 0.6) is 0 Å². The summed E-state index contributed by atoms with van der Waals surface area (Å²) in [6, 6.07) is 8.35. The standard InChI is InChI=1S/C18H15F3N2O2/c19-13-9-12(10-14(20)11-13)17(24)22-5-7-23(8-6-22)18(25)15-3-1-2-4-16(15)21/h1-4,9-11H,5-8H2. The Labute approximate surface area is 142 Å². The molecule has 0 aliphatic carbocycles. The van der Waals surface area contributed by atoms with Gasteiger partial charge in [-0.3, -0.25) is 9.59 Å². The van der Waals surface area contributed by atoms with Gasteiger partial charge in [-0.05, 0) is 24.3 Å². The van der Waals surface area contributed by atoms with Gasteiger partial charge in [0.1, 0.15) is 17.5 Å². The third kappa shape index (κ3) is 3.65. The molecular formula is C18H15F3N2O2. The van der Waals surface area contributed by atoms with Crippen molar-refractivity contribution in [2.24, 2.45) is 0 Å². The lowest BCUT2D eigenvalue weighted by Crippen LogP contribution is -2.50. The van der Waals surface area contributed by atoms with Crippen LogP contribution in [0.3, 0.4) is 0 Å². The Morgan fingerprint density at radius 3 is 1.84 bits per heavy atom. The van der Waals surface area contributed by atoms with Crippen LogP contribution in [0.25, 0.3) is 0 Å². The molecule has 1 heterocycles. The van der Waals surface area contributed by atoms with Crippen LogP contribution < -0.4 is 0 Å². The Morgan fingerprint density at radius 2 is 1.28 bits per heavy atom. The summed E-state index contributed by atoms with van der Waals surface area (Å²) in [5, 5.41) is 0. The molecule has 130 valence electrons. The molecule has 7 heteroatoms. The van der Waals surface area contributed by atoms with Crippen LogP contribution in [0, 0.1) is 17.5 Å². The molecule has 1 fully saturated rings.